The molecule has 2 N–H and O–H groups in total. The number of benzene rings is 1. The lowest BCUT2D eigenvalue weighted by atomic mass is 10.1. The zero-order valence-electron chi connectivity index (χ0n) is 11.0. The molecule has 1 saturated heterocycles. The highest BCUT2D eigenvalue weighted by Gasteiger charge is 2.19. The molecule has 2 rings (SSSR count). The van der Waals surface area contributed by atoms with E-state index in [0.29, 0.717) is 12.6 Å². The molecular formula is C14H19FN2O2. The molecule has 104 valence electrons. The van der Waals surface area contributed by atoms with Gasteiger partial charge in [-0.05, 0) is 44.1 Å². The smallest absolute Gasteiger partial charge is 0.338 e. The summed E-state index contributed by atoms with van der Waals surface area (Å²) in [5.41, 5.74) is 0.488. The van der Waals surface area contributed by atoms with Gasteiger partial charge in [-0.25, -0.2) is 9.18 Å². The van der Waals surface area contributed by atoms with E-state index in [0.717, 1.165) is 18.7 Å². The molecule has 1 aromatic rings. The fraction of sp³-hybridized carbons (Fsp3) is 0.500. The highest BCUT2D eigenvalue weighted by Crippen LogP contribution is 2.14. The van der Waals surface area contributed by atoms with Crippen LogP contribution < -0.4 is 5.32 Å². The molecule has 1 atom stereocenters. The number of carboxylic acids is 1. The zero-order valence-corrected chi connectivity index (χ0v) is 11.0. The van der Waals surface area contributed by atoms with Crippen LogP contribution in [-0.4, -0.2) is 42.2 Å². The number of rotatable bonds is 5. The fourth-order valence-electron chi connectivity index (χ4n) is 2.46. The van der Waals surface area contributed by atoms with Crippen LogP contribution in [0.2, 0.25) is 0 Å². The van der Waals surface area contributed by atoms with Crippen molar-refractivity contribution >= 4 is 5.97 Å². The summed E-state index contributed by atoms with van der Waals surface area (Å²) in [6.45, 7) is 2.56. The van der Waals surface area contributed by atoms with E-state index in [4.69, 9.17) is 5.11 Å². The largest absolute Gasteiger partial charge is 0.478 e. The predicted molar refractivity (Wildman–Crippen MR) is 70.7 cm³/mol. The third kappa shape index (κ3) is 3.52. The molecule has 1 fully saturated rings. The second-order valence-corrected chi connectivity index (χ2v) is 5.03. The summed E-state index contributed by atoms with van der Waals surface area (Å²) in [4.78, 5) is 13.0. The van der Waals surface area contributed by atoms with Crippen molar-refractivity contribution in [1.82, 2.24) is 10.2 Å². The van der Waals surface area contributed by atoms with Gasteiger partial charge >= 0.3 is 5.97 Å². The Bertz CT molecular complexity index is 465. The van der Waals surface area contributed by atoms with E-state index in [1.54, 1.807) is 6.07 Å². The average molecular weight is 266 g/mol. The maximum Gasteiger partial charge on any atom is 0.338 e. The van der Waals surface area contributed by atoms with Gasteiger partial charge in [-0.15, -0.1) is 0 Å². The summed E-state index contributed by atoms with van der Waals surface area (Å²) in [5.74, 6) is -1.91. The maximum absolute atomic E-state index is 13.5. The standard InChI is InChI=1S/C14H19FN2O2/c1-17-6-2-3-11(17)9-16-8-10-4-5-12(14(18)19)13(15)7-10/h4-5,7,11,16H,2-3,6,8-9H2,1H3,(H,18,19). The topological polar surface area (TPSA) is 52.6 Å². The lowest BCUT2D eigenvalue weighted by molar-refractivity contribution is 0.0692. The predicted octanol–water partition coefficient (Wildman–Crippen LogP) is 1.71. The van der Waals surface area contributed by atoms with Gasteiger partial charge in [-0.1, -0.05) is 6.07 Å². The number of likely N-dealkylation sites (tertiary alicyclic amines) is 1. The Kier molecular flexibility index (Phi) is 4.50. The Morgan fingerprint density at radius 3 is 2.95 bits per heavy atom. The number of nitrogens with zero attached hydrogens (tertiary/aromatic N) is 1. The third-order valence-corrected chi connectivity index (χ3v) is 3.64. The first-order valence-electron chi connectivity index (χ1n) is 6.50. The molecular weight excluding hydrogens is 247 g/mol. The number of carbonyl (C=O) groups is 1. The fourth-order valence-corrected chi connectivity index (χ4v) is 2.46. The number of hydrogen-bond acceptors (Lipinski definition) is 3. The Labute approximate surface area is 112 Å². The number of carboxylic acid groups (broad SMARTS) is 1. The van der Waals surface area contributed by atoms with Crippen LogP contribution in [-0.2, 0) is 6.54 Å². The van der Waals surface area contributed by atoms with E-state index in [-0.39, 0.29) is 5.56 Å². The number of halogens is 1. The molecule has 0 spiro atoms. The van der Waals surface area contributed by atoms with Crippen LogP contribution >= 0.6 is 0 Å². The van der Waals surface area contributed by atoms with Crippen molar-refractivity contribution in [2.75, 3.05) is 20.1 Å². The van der Waals surface area contributed by atoms with Gasteiger partial charge in [0.2, 0.25) is 0 Å². The van der Waals surface area contributed by atoms with Crippen LogP contribution in [0.15, 0.2) is 18.2 Å². The number of nitrogens with one attached hydrogen (secondary N) is 1. The highest BCUT2D eigenvalue weighted by molar-refractivity contribution is 5.87. The van der Waals surface area contributed by atoms with Crippen molar-refractivity contribution in [3.63, 3.8) is 0 Å². The summed E-state index contributed by atoms with van der Waals surface area (Å²) in [7, 11) is 2.11. The molecule has 0 aromatic heterocycles. The molecule has 1 unspecified atom stereocenters. The minimum absolute atomic E-state index is 0.278. The third-order valence-electron chi connectivity index (χ3n) is 3.64. The van der Waals surface area contributed by atoms with Crippen LogP contribution in [0.5, 0.6) is 0 Å². The van der Waals surface area contributed by atoms with E-state index in [9.17, 15) is 9.18 Å². The summed E-state index contributed by atoms with van der Waals surface area (Å²) >= 11 is 0. The molecule has 0 radical (unpaired) electrons. The lowest BCUT2D eigenvalue weighted by Crippen LogP contribution is -2.35. The second-order valence-electron chi connectivity index (χ2n) is 5.03. The van der Waals surface area contributed by atoms with Crippen molar-refractivity contribution in [2.24, 2.45) is 0 Å². The van der Waals surface area contributed by atoms with Crippen LogP contribution in [0.4, 0.5) is 4.39 Å². The van der Waals surface area contributed by atoms with Gasteiger partial charge in [-0.3, -0.25) is 0 Å². The Morgan fingerprint density at radius 1 is 1.58 bits per heavy atom. The Balaban J connectivity index is 1.86. The van der Waals surface area contributed by atoms with Gasteiger partial charge in [-0.2, -0.15) is 0 Å². The van der Waals surface area contributed by atoms with Gasteiger partial charge in [0.05, 0.1) is 5.56 Å². The molecule has 0 aliphatic carbocycles. The molecule has 0 amide bonds. The van der Waals surface area contributed by atoms with Gasteiger partial charge < -0.3 is 15.3 Å². The summed E-state index contributed by atoms with van der Waals surface area (Å²) < 4.78 is 13.5. The van der Waals surface area contributed by atoms with E-state index >= 15 is 0 Å². The SMILES string of the molecule is CN1CCCC1CNCc1ccc(C(=O)O)c(F)c1. The van der Waals surface area contributed by atoms with E-state index in [1.807, 2.05) is 0 Å². The molecule has 1 aliphatic heterocycles. The molecule has 19 heavy (non-hydrogen) atoms. The van der Waals surface area contributed by atoms with E-state index in [1.165, 1.54) is 25.0 Å². The van der Waals surface area contributed by atoms with Gasteiger partial charge in [0.1, 0.15) is 5.82 Å². The van der Waals surface area contributed by atoms with Crippen LogP contribution in [0, 0.1) is 5.82 Å². The molecule has 1 heterocycles. The minimum atomic E-state index is -1.23. The quantitative estimate of drug-likeness (QED) is 0.852. The maximum atomic E-state index is 13.5. The first-order chi connectivity index (χ1) is 9.08. The zero-order chi connectivity index (χ0) is 13.8. The summed E-state index contributed by atoms with van der Waals surface area (Å²) in [5, 5.41) is 12.0. The first-order valence-corrected chi connectivity index (χ1v) is 6.50. The van der Waals surface area contributed by atoms with Crippen molar-refractivity contribution in [1.29, 1.82) is 0 Å². The lowest BCUT2D eigenvalue weighted by Gasteiger charge is -2.19. The molecule has 0 saturated carbocycles. The highest BCUT2D eigenvalue weighted by atomic mass is 19.1. The minimum Gasteiger partial charge on any atom is -0.478 e. The molecule has 1 aromatic carbocycles. The van der Waals surface area contributed by atoms with E-state index < -0.39 is 11.8 Å². The van der Waals surface area contributed by atoms with E-state index in [2.05, 4.69) is 17.3 Å². The second kappa shape index (κ2) is 6.12. The van der Waals surface area contributed by atoms with Gasteiger partial charge in [0, 0.05) is 19.1 Å². The molecule has 5 heteroatoms. The summed E-state index contributed by atoms with van der Waals surface area (Å²) in [6.07, 6.45) is 2.42. The Morgan fingerprint density at radius 2 is 2.37 bits per heavy atom. The average Bonchev–Trinajstić information content (AvgIpc) is 2.75. The first kappa shape index (κ1) is 14.0. The van der Waals surface area contributed by atoms with Crippen LogP contribution in [0.1, 0.15) is 28.8 Å². The number of hydrogen-bond donors (Lipinski definition) is 2. The molecule has 4 nitrogen and oxygen atoms in total. The normalized spacial score (nSPS) is 19.8. The van der Waals surface area contributed by atoms with Crippen molar-refractivity contribution in [3.05, 3.63) is 35.1 Å². The number of aromatic carboxylic acids is 1. The van der Waals surface area contributed by atoms with Crippen molar-refractivity contribution in [2.45, 2.75) is 25.4 Å². The van der Waals surface area contributed by atoms with Crippen LogP contribution in [0.25, 0.3) is 0 Å². The monoisotopic (exact) mass is 266 g/mol. The molecule has 0 bridgehead atoms. The number of likely N-dealkylation sites (N-methyl/N-ethyl adjacent to an activating group) is 1. The van der Waals surface area contributed by atoms with Gasteiger partial charge in [0.25, 0.3) is 0 Å². The van der Waals surface area contributed by atoms with Crippen LogP contribution in [0.3, 0.4) is 0 Å². The van der Waals surface area contributed by atoms with Crippen molar-refractivity contribution in [3.8, 4) is 0 Å². The Hall–Kier alpha value is -1.46. The van der Waals surface area contributed by atoms with Gasteiger partial charge in [0.15, 0.2) is 0 Å². The molecule has 1 aliphatic rings. The van der Waals surface area contributed by atoms with Crippen molar-refractivity contribution < 1.29 is 14.3 Å². The summed E-state index contributed by atoms with van der Waals surface area (Å²) in [6, 6.07) is 4.80.